The van der Waals surface area contributed by atoms with Crippen LogP contribution in [0.1, 0.15) is 40.1 Å². The van der Waals surface area contributed by atoms with Gasteiger partial charge in [0, 0.05) is 19.0 Å². The molecule has 0 unspecified atom stereocenters. The number of Topliss-reactive ketones (excluding diaryl/α,β-unsaturated/α-hetero) is 1. The highest BCUT2D eigenvalue weighted by Crippen LogP contribution is 2.33. The Labute approximate surface area is 108 Å². The molecular formula is C12H13BrN2O2. The fraction of sp³-hybridized carbons (Fsp3) is 0.417. The van der Waals surface area contributed by atoms with Crippen LogP contribution in [0.2, 0.25) is 0 Å². The first kappa shape index (κ1) is 12.2. The van der Waals surface area contributed by atoms with Crippen LogP contribution in [0.5, 0.6) is 0 Å². The van der Waals surface area contributed by atoms with Crippen LogP contribution < -0.4 is 5.32 Å². The van der Waals surface area contributed by atoms with E-state index in [-0.39, 0.29) is 17.4 Å². The monoisotopic (exact) mass is 296 g/mol. The van der Waals surface area contributed by atoms with E-state index in [4.69, 9.17) is 0 Å². The molecule has 2 rings (SSSR count). The van der Waals surface area contributed by atoms with Crippen molar-refractivity contribution in [3.8, 4) is 0 Å². The molecule has 0 bridgehead atoms. The molecule has 0 atom stereocenters. The zero-order chi connectivity index (χ0) is 12.4. The van der Waals surface area contributed by atoms with Gasteiger partial charge in [-0.1, -0.05) is 0 Å². The van der Waals surface area contributed by atoms with E-state index < -0.39 is 0 Å². The van der Waals surface area contributed by atoms with E-state index in [0.29, 0.717) is 22.5 Å². The first-order valence-corrected chi connectivity index (χ1v) is 6.32. The van der Waals surface area contributed by atoms with Crippen LogP contribution in [-0.2, 0) is 0 Å². The SMILES string of the molecule is CNC(=O)c1cc(C(=O)CC2CC2)cc(Br)n1. The summed E-state index contributed by atoms with van der Waals surface area (Å²) in [5, 5.41) is 2.49. The van der Waals surface area contributed by atoms with Gasteiger partial charge < -0.3 is 5.32 Å². The average Bonchev–Trinajstić information content (AvgIpc) is 3.11. The van der Waals surface area contributed by atoms with Crippen LogP contribution >= 0.6 is 15.9 Å². The second kappa shape index (κ2) is 4.96. The first-order chi connectivity index (χ1) is 8.10. The third-order valence-electron chi connectivity index (χ3n) is 2.75. The van der Waals surface area contributed by atoms with Gasteiger partial charge in [0.05, 0.1) is 0 Å². The quantitative estimate of drug-likeness (QED) is 0.684. The van der Waals surface area contributed by atoms with Crippen molar-refractivity contribution in [2.75, 3.05) is 7.05 Å². The topological polar surface area (TPSA) is 59.1 Å². The number of ketones is 1. The maximum atomic E-state index is 11.9. The van der Waals surface area contributed by atoms with Gasteiger partial charge >= 0.3 is 0 Å². The van der Waals surface area contributed by atoms with Gasteiger partial charge in [-0.15, -0.1) is 0 Å². The maximum absolute atomic E-state index is 11.9. The number of carbonyl (C=O) groups is 2. The molecule has 1 aliphatic rings. The van der Waals surface area contributed by atoms with Crippen LogP contribution in [0.25, 0.3) is 0 Å². The van der Waals surface area contributed by atoms with Crippen LogP contribution in [0, 0.1) is 5.92 Å². The summed E-state index contributed by atoms with van der Waals surface area (Å²) in [4.78, 5) is 27.4. The highest BCUT2D eigenvalue weighted by Gasteiger charge is 2.25. The van der Waals surface area contributed by atoms with Crippen molar-refractivity contribution < 1.29 is 9.59 Å². The molecule has 1 heterocycles. The highest BCUT2D eigenvalue weighted by molar-refractivity contribution is 9.10. The van der Waals surface area contributed by atoms with Crippen LogP contribution in [0.3, 0.4) is 0 Å². The van der Waals surface area contributed by atoms with E-state index in [2.05, 4.69) is 26.2 Å². The number of hydrogen-bond acceptors (Lipinski definition) is 3. The number of carbonyl (C=O) groups excluding carboxylic acids is 2. The van der Waals surface area contributed by atoms with Crippen molar-refractivity contribution in [1.29, 1.82) is 0 Å². The van der Waals surface area contributed by atoms with Crippen molar-refractivity contribution in [2.45, 2.75) is 19.3 Å². The van der Waals surface area contributed by atoms with E-state index in [1.54, 1.807) is 12.1 Å². The van der Waals surface area contributed by atoms with Crippen molar-refractivity contribution >= 4 is 27.6 Å². The molecule has 0 saturated heterocycles. The Balaban J connectivity index is 2.23. The lowest BCUT2D eigenvalue weighted by molar-refractivity contribution is 0.0958. The van der Waals surface area contributed by atoms with E-state index in [9.17, 15) is 9.59 Å². The fourth-order valence-corrected chi connectivity index (χ4v) is 2.04. The number of pyridine rings is 1. The Morgan fingerprint density at radius 2 is 2.18 bits per heavy atom. The summed E-state index contributed by atoms with van der Waals surface area (Å²) in [5.74, 6) is 0.338. The Morgan fingerprint density at radius 3 is 2.76 bits per heavy atom. The molecule has 90 valence electrons. The van der Waals surface area contributed by atoms with Gasteiger partial charge in [-0.3, -0.25) is 9.59 Å². The van der Waals surface area contributed by atoms with Gasteiger partial charge in [0.15, 0.2) is 5.78 Å². The maximum Gasteiger partial charge on any atom is 0.269 e. The normalized spacial score (nSPS) is 14.5. The Morgan fingerprint density at radius 1 is 1.47 bits per heavy atom. The highest BCUT2D eigenvalue weighted by atomic mass is 79.9. The number of hydrogen-bond donors (Lipinski definition) is 1. The second-order valence-electron chi connectivity index (χ2n) is 4.21. The van der Waals surface area contributed by atoms with Gasteiger partial charge in [-0.25, -0.2) is 4.98 Å². The molecule has 1 aromatic heterocycles. The molecule has 1 aliphatic carbocycles. The molecule has 0 radical (unpaired) electrons. The Kier molecular flexibility index (Phi) is 3.57. The molecule has 17 heavy (non-hydrogen) atoms. The molecule has 1 amide bonds. The molecule has 1 N–H and O–H groups in total. The number of nitrogens with one attached hydrogen (secondary N) is 1. The summed E-state index contributed by atoms with van der Waals surface area (Å²) in [6.45, 7) is 0. The van der Waals surface area contributed by atoms with E-state index in [0.717, 1.165) is 12.8 Å². The van der Waals surface area contributed by atoms with Gasteiger partial charge in [-0.05, 0) is 46.8 Å². The number of amides is 1. The number of nitrogens with zero attached hydrogens (tertiary/aromatic N) is 1. The summed E-state index contributed by atoms with van der Waals surface area (Å²) >= 11 is 3.22. The Hall–Kier alpha value is -1.23. The van der Waals surface area contributed by atoms with E-state index >= 15 is 0 Å². The summed E-state index contributed by atoms with van der Waals surface area (Å²) in [6, 6.07) is 3.21. The Bertz CT molecular complexity index is 470. The summed E-state index contributed by atoms with van der Waals surface area (Å²) in [7, 11) is 1.54. The minimum atomic E-state index is -0.285. The average molecular weight is 297 g/mol. The predicted octanol–water partition coefficient (Wildman–Crippen LogP) is 2.19. The summed E-state index contributed by atoms with van der Waals surface area (Å²) < 4.78 is 0.512. The summed E-state index contributed by atoms with van der Waals surface area (Å²) in [5.41, 5.74) is 0.818. The smallest absolute Gasteiger partial charge is 0.269 e. The number of halogens is 1. The second-order valence-corrected chi connectivity index (χ2v) is 5.03. The van der Waals surface area contributed by atoms with Crippen molar-refractivity contribution in [2.24, 2.45) is 5.92 Å². The van der Waals surface area contributed by atoms with Crippen LogP contribution in [0.4, 0.5) is 0 Å². The lowest BCUT2D eigenvalue weighted by atomic mass is 10.1. The van der Waals surface area contributed by atoms with Gasteiger partial charge in [0.1, 0.15) is 10.3 Å². The zero-order valence-electron chi connectivity index (χ0n) is 9.50. The van der Waals surface area contributed by atoms with Crippen molar-refractivity contribution in [1.82, 2.24) is 10.3 Å². The largest absolute Gasteiger partial charge is 0.354 e. The predicted molar refractivity (Wildman–Crippen MR) is 67.0 cm³/mol. The zero-order valence-corrected chi connectivity index (χ0v) is 11.1. The molecule has 0 spiro atoms. The molecule has 1 aromatic rings. The molecule has 5 heteroatoms. The third-order valence-corrected chi connectivity index (χ3v) is 3.15. The van der Waals surface area contributed by atoms with Crippen molar-refractivity contribution in [3.63, 3.8) is 0 Å². The molecule has 4 nitrogen and oxygen atoms in total. The fourth-order valence-electron chi connectivity index (χ4n) is 1.60. The minimum absolute atomic E-state index is 0.0840. The first-order valence-electron chi connectivity index (χ1n) is 5.53. The van der Waals surface area contributed by atoms with E-state index in [1.807, 2.05) is 0 Å². The third kappa shape index (κ3) is 3.12. The van der Waals surface area contributed by atoms with Gasteiger partial charge in [-0.2, -0.15) is 0 Å². The van der Waals surface area contributed by atoms with Gasteiger partial charge in [0.2, 0.25) is 0 Å². The number of aromatic nitrogens is 1. The minimum Gasteiger partial charge on any atom is -0.354 e. The lowest BCUT2D eigenvalue weighted by Crippen LogP contribution is -2.20. The van der Waals surface area contributed by atoms with Crippen LogP contribution in [-0.4, -0.2) is 23.7 Å². The molecular weight excluding hydrogens is 284 g/mol. The van der Waals surface area contributed by atoms with Gasteiger partial charge in [0.25, 0.3) is 5.91 Å². The molecule has 0 aliphatic heterocycles. The van der Waals surface area contributed by atoms with Crippen LogP contribution in [0.15, 0.2) is 16.7 Å². The van der Waals surface area contributed by atoms with Crippen molar-refractivity contribution in [3.05, 3.63) is 28.0 Å². The standard InChI is InChI=1S/C12H13BrN2O2/c1-14-12(17)9-5-8(6-11(13)15-9)10(16)4-7-2-3-7/h5-7H,2-4H2,1H3,(H,14,17). The lowest BCUT2D eigenvalue weighted by Gasteiger charge is -2.04. The molecule has 1 saturated carbocycles. The molecule has 0 aromatic carbocycles. The van der Waals surface area contributed by atoms with E-state index in [1.165, 1.54) is 7.05 Å². The molecule has 1 fully saturated rings. The number of rotatable bonds is 4. The summed E-state index contributed by atoms with van der Waals surface area (Å²) in [6.07, 6.45) is 2.85.